The van der Waals surface area contributed by atoms with Gasteiger partial charge in [0.1, 0.15) is 23.0 Å². The summed E-state index contributed by atoms with van der Waals surface area (Å²) in [4.78, 5) is 0. The van der Waals surface area contributed by atoms with Crippen molar-refractivity contribution in [2.24, 2.45) is 0 Å². The number of rotatable bonds is 5. The lowest BCUT2D eigenvalue weighted by Crippen LogP contribution is -2.10. The maximum absolute atomic E-state index is 6.09. The van der Waals surface area contributed by atoms with E-state index in [1.807, 2.05) is 60.7 Å². The standard InChI is InChI=1S/C24H20O3/c1-25-20-13-11-18(12-14-20)23-22(16-17-7-6-10-21(15-17)26-2)27-24(23)19-8-4-3-5-9-19/h3-16H,1-2H3/b22-16-. The third-order valence-electron chi connectivity index (χ3n) is 4.49. The normalized spacial score (nSPS) is 14.5. The van der Waals surface area contributed by atoms with Crippen molar-refractivity contribution >= 4 is 17.4 Å². The smallest absolute Gasteiger partial charge is 0.146 e. The Bertz CT molecular complexity index is 999. The summed E-state index contributed by atoms with van der Waals surface area (Å²) in [5.74, 6) is 3.38. The van der Waals surface area contributed by atoms with E-state index in [0.29, 0.717) is 0 Å². The highest BCUT2D eigenvalue weighted by atomic mass is 16.5. The van der Waals surface area contributed by atoms with E-state index in [2.05, 4.69) is 24.3 Å². The van der Waals surface area contributed by atoms with E-state index in [1.54, 1.807) is 14.2 Å². The minimum absolute atomic E-state index is 0.821. The summed E-state index contributed by atoms with van der Waals surface area (Å²) in [6.45, 7) is 0. The zero-order valence-electron chi connectivity index (χ0n) is 15.3. The molecule has 0 amide bonds. The summed E-state index contributed by atoms with van der Waals surface area (Å²) in [6.07, 6.45) is 2.04. The third-order valence-corrected chi connectivity index (χ3v) is 4.49. The van der Waals surface area contributed by atoms with E-state index in [-0.39, 0.29) is 0 Å². The Kier molecular flexibility index (Phi) is 4.67. The average molecular weight is 356 g/mol. The highest BCUT2D eigenvalue weighted by molar-refractivity contribution is 6.03. The highest BCUT2D eigenvalue weighted by Crippen LogP contribution is 2.45. The maximum atomic E-state index is 6.09. The molecular weight excluding hydrogens is 336 g/mol. The molecule has 0 saturated carbocycles. The van der Waals surface area contributed by atoms with E-state index in [4.69, 9.17) is 14.2 Å². The Balaban J connectivity index is 1.78. The van der Waals surface area contributed by atoms with Gasteiger partial charge < -0.3 is 14.2 Å². The molecule has 0 bridgehead atoms. The average Bonchev–Trinajstić information content (AvgIpc) is 2.72. The van der Waals surface area contributed by atoms with E-state index >= 15 is 0 Å². The summed E-state index contributed by atoms with van der Waals surface area (Å²) in [7, 11) is 3.34. The van der Waals surface area contributed by atoms with Crippen LogP contribution in [0.2, 0.25) is 0 Å². The van der Waals surface area contributed by atoms with Crippen molar-refractivity contribution in [3.8, 4) is 11.5 Å². The van der Waals surface area contributed by atoms with E-state index < -0.39 is 0 Å². The molecule has 0 N–H and O–H groups in total. The minimum atomic E-state index is 0.821. The van der Waals surface area contributed by atoms with E-state index in [0.717, 1.165) is 45.3 Å². The van der Waals surface area contributed by atoms with Gasteiger partial charge in [0.2, 0.25) is 0 Å². The molecule has 0 radical (unpaired) electrons. The van der Waals surface area contributed by atoms with Gasteiger partial charge in [0.05, 0.1) is 19.8 Å². The van der Waals surface area contributed by atoms with Gasteiger partial charge in [-0.1, -0.05) is 54.6 Å². The molecular formula is C24H20O3. The van der Waals surface area contributed by atoms with Crippen molar-refractivity contribution in [3.63, 3.8) is 0 Å². The molecule has 1 aliphatic rings. The molecule has 3 aromatic rings. The van der Waals surface area contributed by atoms with Gasteiger partial charge in [-0.05, 0) is 41.5 Å². The summed E-state index contributed by atoms with van der Waals surface area (Å²) in [5.41, 5.74) is 4.27. The Morgan fingerprint density at radius 3 is 2.15 bits per heavy atom. The molecule has 27 heavy (non-hydrogen) atoms. The number of hydrogen-bond donors (Lipinski definition) is 0. The van der Waals surface area contributed by atoms with Gasteiger partial charge in [0.15, 0.2) is 0 Å². The molecule has 3 aromatic carbocycles. The predicted molar refractivity (Wildman–Crippen MR) is 108 cm³/mol. The van der Waals surface area contributed by atoms with Crippen LogP contribution in [0.15, 0.2) is 84.6 Å². The van der Waals surface area contributed by atoms with Crippen molar-refractivity contribution in [2.45, 2.75) is 0 Å². The van der Waals surface area contributed by atoms with Crippen molar-refractivity contribution in [2.75, 3.05) is 14.2 Å². The fourth-order valence-electron chi connectivity index (χ4n) is 3.09. The zero-order chi connectivity index (χ0) is 18.6. The summed E-state index contributed by atoms with van der Waals surface area (Å²) >= 11 is 0. The monoisotopic (exact) mass is 356 g/mol. The molecule has 1 heterocycles. The van der Waals surface area contributed by atoms with Gasteiger partial charge >= 0.3 is 0 Å². The quantitative estimate of drug-likeness (QED) is 0.592. The number of methoxy groups -OCH3 is 2. The van der Waals surface area contributed by atoms with Gasteiger partial charge in [0.25, 0.3) is 0 Å². The molecule has 0 atom stereocenters. The fraction of sp³-hybridized carbons (Fsp3) is 0.0833. The fourth-order valence-corrected chi connectivity index (χ4v) is 3.09. The van der Waals surface area contributed by atoms with Gasteiger partial charge in [-0.25, -0.2) is 0 Å². The van der Waals surface area contributed by atoms with Crippen molar-refractivity contribution in [1.29, 1.82) is 0 Å². The summed E-state index contributed by atoms with van der Waals surface area (Å²) < 4.78 is 16.7. The molecule has 0 aliphatic carbocycles. The Morgan fingerprint density at radius 2 is 1.44 bits per heavy atom. The first kappa shape index (κ1) is 17.0. The van der Waals surface area contributed by atoms with Crippen molar-refractivity contribution < 1.29 is 14.2 Å². The first-order chi connectivity index (χ1) is 13.3. The second kappa shape index (κ2) is 7.42. The SMILES string of the molecule is COc1ccc(C2=C(c3ccccc3)O/C2=C\c2cccc(OC)c2)cc1. The topological polar surface area (TPSA) is 27.7 Å². The molecule has 134 valence electrons. The van der Waals surface area contributed by atoms with E-state index in [1.165, 1.54) is 0 Å². The Hall–Kier alpha value is -3.46. The number of benzene rings is 3. The number of allylic oxidation sites excluding steroid dienone is 1. The number of ether oxygens (including phenoxy) is 3. The molecule has 4 rings (SSSR count). The third kappa shape index (κ3) is 3.44. The zero-order valence-corrected chi connectivity index (χ0v) is 15.3. The lowest BCUT2D eigenvalue weighted by Gasteiger charge is -2.28. The van der Waals surface area contributed by atoms with Crippen LogP contribution in [0, 0.1) is 0 Å². The molecule has 0 fully saturated rings. The summed E-state index contributed by atoms with van der Waals surface area (Å²) in [5, 5.41) is 0. The maximum Gasteiger partial charge on any atom is 0.146 e. The van der Waals surface area contributed by atoms with Gasteiger partial charge in [-0.15, -0.1) is 0 Å². The van der Waals surface area contributed by atoms with Crippen LogP contribution in [0.1, 0.15) is 16.7 Å². The minimum Gasteiger partial charge on any atom is -0.497 e. The predicted octanol–water partition coefficient (Wildman–Crippen LogP) is 5.64. The Labute approximate surface area is 159 Å². The highest BCUT2D eigenvalue weighted by Gasteiger charge is 2.28. The largest absolute Gasteiger partial charge is 0.497 e. The summed E-state index contributed by atoms with van der Waals surface area (Å²) in [6, 6.07) is 26.1. The van der Waals surface area contributed by atoms with Gasteiger partial charge in [-0.3, -0.25) is 0 Å². The van der Waals surface area contributed by atoms with E-state index in [9.17, 15) is 0 Å². The molecule has 0 unspecified atom stereocenters. The Morgan fingerprint density at radius 1 is 0.704 bits per heavy atom. The van der Waals surface area contributed by atoms with Crippen molar-refractivity contribution in [1.82, 2.24) is 0 Å². The molecule has 0 saturated heterocycles. The second-order valence-electron chi connectivity index (χ2n) is 6.19. The van der Waals surface area contributed by atoms with Crippen molar-refractivity contribution in [3.05, 3.63) is 101 Å². The van der Waals surface area contributed by atoms with Crippen LogP contribution in [0.25, 0.3) is 17.4 Å². The van der Waals surface area contributed by atoms with Crippen LogP contribution < -0.4 is 9.47 Å². The molecule has 0 aromatic heterocycles. The molecule has 3 heteroatoms. The first-order valence-electron chi connectivity index (χ1n) is 8.76. The molecule has 0 spiro atoms. The molecule has 1 aliphatic heterocycles. The lowest BCUT2D eigenvalue weighted by molar-refractivity contribution is 0.377. The van der Waals surface area contributed by atoms with Crippen LogP contribution in [-0.4, -0.2) is 14.2 Å². The van der Waals surface area contributed by atoms with Gasteiger partial charge in [0, 0.05) is 5.56 Å². The van der Waals surface area contributed by atoms with Crippen LogP contribution >= 0.6 is 0 Å². The first-order valence-corrected chi connectivity index (χ1v) is 8.76. The number of hydrogen-bond acceptors (Lipinski definition) is 3. The molecule has 3 nitrogen and oxygen atoms in total. The lowest BCUT2D eigenvalue weighted by atomic mass is 9.94. The van der Waals surface area contributed by atoms with Gasteiger partial charge in [-0.2, -0.15) is 0 Å². The van der Waals surface area contributed by atoms with Crippen LogP contribution in [0.5, 0.6) is 11.5 Å². The van der Waals surface area contributed by atoms with Crippen LogP contribution in [-0.2, 0) is 4.74 Å². The van der Waals surface area contributed by atoms with Crippen LogP contribution in [0.3, 0.4) is 0 Å². The second-order valence-corrected chi connectivity index (χ2v) is 6.19. The van der Waals surface area contributed by atoms with Crippen LogP contribution in [0.4, 0.5) is 0 Å².